The molecule has 7 nitrogen and oxygen atoms in total. The highest BCUT2D eigenvalue weighted by molar-refractivity contribution is 6.40. The molecule has 3 unspecified atom stereocenters. The third-order valence-corrected chi connectivity index (χ3v) is 6.23. The molecule has 3 rings (SSSR count). The molecule has 1 fully saturated rings. The van der Waals surface area contributed by atoms with Gasteiger partial charge in [0.25, 0.3) is 0 Å². The molecule has 2 heterocycles. The summed E-state index contributed by atoms with van der Waals surface area (Å²) in [5.74, 6) is -1.65. The SMILES string of the molecule is NC(CCCCB(O)O)(C(=O)O)C1CCNC(c2cc(C(F)(F)F)c3ccccc3n2)C1. The maximum atomic E-state index is 13.7. The molecule has 0 aliphatic carbocycles. The van der Waals surface area contributed by atoms with Crippen LogP contribution < -0.4 is 11.1 Å². The van der Waals surface area contributed by atoms with Crippen LogP contribution in [0.15, 0.2) is 30.3 Å². The predicted octanol–water partition coefficient (Wildman–Crippen LogP) is 2.72. The first-order valence-electron chi connectivity index (χ1n) is 10.6. The summed E-state index contributed by atoms with van der Waals surface area (Å²) in [7, 11) is -1.46. The Kier molecular flexibility index (Phi) is 7.44. The number of nitrogens with two attached hydrogens (primary N) is 1. The minimum Gasteiger partial charge on any atom is -0.480 e. The number of nitrogens with one attached hydrogen (secondary N) is 1. The number of unbranched alkanes of at least 4 members (excludes halogenated alkanes) is 1. The van der Waals surface area contributed by atoms with Gasteiger partial charge in [0, 0.05) is 11.4 Å². The minimum atomic E-state index is -4.55. The Morgan fingerprint density at radius 2 is 1.97 bits per heavy atom. The quantitative estimate of drug-likeness (QED) is 0.307. The molecule has 0 spiro atoms. The van der Waals surface area contributed by atoms with Gasteiger partial charge in [-0.2, -0.15) is 13.2 Å². The van der Waals surface area contributed by atoms with E-state index in [0.717, 1.165) is 6.07 Å². The molecule has 1 saturated heterocycles. The summed E-state index contributed by atoms with van der Waals surface area (Å²) in [4.78, 5) is 16.5. The molecule has 11 heteroatoms. The van der Waals surface area contributed by atoms with E-state index < -0.39 is 42.3 Å². The van der Waals surface area contributed by atoms with Crippen LogP contribution in [-0.2, 0) is 11.0 Å². The highest BCUT2D eigenvalue weighted by atomic mass is 19.4. The van der Waals surface area contributed by atoms with Crippen molar-refractivity contribution in [1.82, 2.24) is 10.3 Å². The van der Waals surface area contributed by atoms with Crippen LogP contribution in [0.25, 0.3) is 10.9 Å². The number of piperidine rings is 1. The Morgan fingerprint density at radius 3 is 2.62 bits per heavy atom. The average Bonchev–Trinajstić information content (AvgIpc) is 2.75. The highest BCUT2D eigenvalue weighted by Crippen LogP contribution is 2.39. The predicted molar refractivity (Wildman–Crippen MR) is 114 cm³/mol. The Morgan fingerprint density at radius 1 is 1.25 bits per heavy atom. The van der Waals surface area contributed by atoms with Crippen LogP contribution in [0.5, 0.6) is 0 Å². The number of pyridine rings is 1. The van der Waals surface area contributed by atoms with Gasteiger partial charge >= 0.3 is 19.3 Å². The van der Waals surface area contributed by atoms with E-state index in [4.69, 9.17) is 15.8 Å². The lowest BCUT2D eigenvalue weighted by atomic mass is 9.72. The first-order chi connectivity index (χ1) is 15.0. The zero-order chi connectivity index (χ0) is 23.5. The van der Waals surface area contributed by atoms with Gasteiger partial charge in [-0.1, -0.05) is 31.0 Å². The molecule has 0 radical (unpaired) electrons. The van der Waals surface area contributed by atoms with Gasteiger partial charge in [0.2, 0.25) is 0 Å². The number of benzene rings is 1. The minimum absolute atomic E-state index is 0.0147. The molecule has 0 bridgehead atoms. The number of carboxylic acid groups (broad SMARTS) is 1. The van der Waals surface area contributed by atoms with Crippen molar-refractivity contribution in [1.29, 1.82) is 0 Å². The van der Waals surface area contributed by atoms with Crippen molar-refractivity contribution >= 4 is 24.0 Å². The Bertz CT molecular complexity index is 960. The Balaban J connectivity index is 1.86. The summed E-state index contributed by atoms with van der Waals surface area (Å²) >= 11 is 0. The van der Waals surface area contributed by atoms with Gasteiger partial charge in [-0.25, -0.2) is 0 Å². The number of hydrogen-bond donors (Lipinski definition) is 5. The zero-order valence-electron chi connectivity index (χ0n) is 17.5. The second-order valence-electron chi connectivity index (χ2n) is 8.41. The normalized spacial score (nSPS) is 21.3. The molecule has 0 amide bonds. The second kappa shape index (κ2) is 9.74. The maximum Gasteiger partial charge on any atom is 0.451 e. The smallest absolute Gasteiger partial charge is 0.451 e. The number of rotatable bonds is 8. The van der Waals surface area contributed by atoms with Crippen LogP contribution >= 0.6 is 0 Å². The molecule has 3 atom stereocenters. The number of carbonyl (C=O) groups is 1. The molecule has 1 aliphatic heterocycles. The second-order valence-corrected chi connectivity index (χ2v) is 8.41. The highest BCUT2D eigenvalue weighted by Gasteiger charge is 2.44. The molecular weight excluding hydrogens is 426 g/mol. The van der Waals surface area contributed by atoms with Crippen molar-refractivity contribution in [2.75, 3.05) is 6.54 Å². The third-order valence-electron chi connectivity index (χ3n) is 6.23. The van der Waals surface area contributed by atoms with Gasteiger partial charge in [0.1, 0.15) is 5.54 Å². The summed E-state index contributed by atoms with van der Waals surface area (Å²) in [6.45, 7) is 0.396. The molecule has 32 heavy (non-hydrogen) atoms. The number of fused-ring (bicyclic) bond motifs is 1. The lowest BCUT2D eigenvalue weighted by Crippen LogP contribution is -2.57. The van der Waals surface area contributed by atoms with E-state index in [-0.39, 0.29) is 35.8 Å². The first kappa shape index (κ1) is 24.4. The summed E-state index contributed by atoms with van der Waals surface area (Å²) in [6.07, 6.45) is -2.82. The monoisotopic (exact) mass is 453 g/mol. The summed E-state index contributed by atoms with van der Waals surface area (Å²) in [5.41, 5.74) is 4.40. The van der Waals surface area contributed by atoms with Gasteiger partial charge in [-0.3, -0.25) is 9.78 Å². The van der Waals surface area contributed by atoms with Crippen molar-refractivity contribution in [3.05, 3.63) is 41.6 Å². The van der Waals surface area contributed by atoms with Crippen LogP contribution in [0.1, 0.15) is 49.4 Å². The lowest BCUT2D eigenvalue weighted by molar-refractivity contribution is -0.146. The van der Waals surface area contributed by atoms with E-state index in [2.05, 4.69) is 10.3 Å². The average molecular weight is 453 g/mol. The number of carboxylic acids is 1. The van der Waals surface area contributed by atoms with Crippen molar-refractivity contribution in [3.8, 4) is 0 Å². The fourth-order valence-electron chi connectivity index (χ4n) is 4.45. The topological polar surface area (TPSA) is 129 Å². The number of alkyl halides is 3. The van der Waals surface area contributed by atoms with E-state index in [9.17, 15) is 23.1 Å². The molecule has 6 N–H and O–H groups in total. The van der Waals surface area contributed by atoms with E-state index in [1.807, 2.05) is 0 Å². The van der Waals surface area contributed by atoms with Crippen LogP contribution in [0, 0.1) is 5.92 Å². The Labute approximate surface area is 184 Å². The van der Waals surface area contributed by atoms with Crippen LogP contribution in [-0.4, -0.2) is 45.3 Å². The van der Waals surface area contributed by atoms with Gasteiger partial charge in [0.15, 0.2) is 0 Å². The largest absolute Gasteiger partial charge is 0.480 e. The van der Waals surface area contributed by atoms with Gasteiger partial charge in [0.05, 0.1) is 16.8 Å². The fraction of sp³-hybridized carbons (Fsp3) is 0.524. The Hall–Kier alpha value is -2.21. The molecule has 1 aliphatic rings. The molecule has 0 saturated carbocycles. The number of para-hydroxylation sites is 1. The van der Waals surface area contributed by atoms with E-state index >= 15 is 0 Å². The van der Waals surface area contributed by atoms with Crippen molar-refractivity contribution in [2.24, 2.45) is 11.7 Å². The molecule has 1 aromatic heterocycles. The third kappa shape index (κ3) is 5.40. The van der Waals surface area contributed by atoms with Crippen LogP contribution in [0.4, 0.5) is 13.2 Å². The number of hydrogen-bond acceptors (Lipinski definition) is 6. The lowest BCUT2D eigenvalue weighted by Gasteiger charge is -2.39. The van der Waals surface area contributed by atoms with Crippen molar-refractivity contribution in [2.45, 2.75) is 56.2 Å². The van der Waals surface area contributed by atoms with Gasteiger partial charge in [-0.05, 0) is 50.2 Å². The van der Waals surface area contributed by atoms with Crippen LogP contribution in [0.2, 0.25) is 6.32 Å². The molecular formula is C21H27BF3N3O4. The van der Waals surface area contributed by atoms with Crippen molar-refractivity contribution in [3.63, 3.8) is 0 Å². The number of aromatic nitrogens is 1. The van der Waals surface area contributed by atoms with E-state index in [0.29, 0.717) is 25.8 Å². The summed E-state index contributed by atoms with van der Waals surface area (Å²) < 4.78 is 41.1. The summed E-state index contributed by atoms with van der Waals surface area (Å²) in [6, 6.07) is 6.51. The molecule has 1 aromatic carbocycles. The standard InChI is InChI=1S/C21H27BF3N3O4/c23-21(24,25)15-12-18(28-16-6-2-1-5-14(15)16)17-11-13(7-10-27-17)20(26,19(29)30)8-3-4-9-22(31)32/h1-2,5-6,12-13,17,27,31-32H,3-4,7-11,26H2,(H,29,30). The van der Waals surface area contributed by atoms with E-state index in [1.54, 1.807) is 6.07 Å². The van der Waals surface area contributed by atoms with Crippen LogP contribution in [0.3, 0.4) is 0 Å². The molecule has 174 valence electrons. The first-order valence-corrected chi connectivity index (χ1v) is 10.6. The zero-order valence-corrected chi connectivity index (χ0v) is 17.5. The van der Waals surface area contributed by atoms with E-state index in [1.165, 1.54) is 18.2 Å². The number of halogens is 3. The van der Waals surface area contributed by atoms with Crippen molar-refractivity contribution < 1.29 is 33.1 Å². The fourth-order valence-corrected chi connectivity index (χ4v) is 4.45. The van der Waals surface area contributed by atoms with Gasteiger partial charge in [-0.15, -0.1) is 0 Å². The summed E-state index contributed by atoms with van der Waals surface area (Å²) in [5, 5.41) is 30.9. The number of nitrogens with zero attached hydrogens (tertiary/aromatic N) is 1. The maximum absolute atomic E-state index is 13.7. The number of aliphatic carboxylic acids is 1. The molecule has 2 aromatic rings. The van der Waals surface area contributed by atoms with Gasteiger partial charge < -0.3 is 26.2 Å².